The maximum absolute atomic E-state index is 12.6. The van der Waals surface area contributed by atoms with E-state index in [4.69, 9.17) is 4.42 Å². The summed E-state index contributed by atoms with van der Waals surface area (Å²) in [6, 6.07) is 11.4. The van der Waals surface area contributed by atoms with Gasteiger partial charge in [-0.15, -0.1) is 0 Å². The lowest BCUT2D eigenvalue weighted by Gasteiger charge is -2.44. The molecule has 0 bridgehead atoms. The van der Waals surface area contributed by atoms with Crippen LogP contribution in [0.5, 0.6) is 0 Å². The molecule has 1 saturated heterocycles. The van der Waals surface area contributed by atoms with Crippen LogP contribution in [0.25, 0.3) is 0 Å². The van der Waals surface area contributed by atoms with E-state index in [1.165, 1.54) is 75.4 Å². The largest absolute Gasteiger partial charge is 0.472 e. The number of rotatable bonds is 3. The molecule has 0 radical (unpaired) electrons. The number of nitrogens with zero attached hydrogens (tertiary/aromatic N) is 1. The van der Waals surface area contributed by atoms with Crippen molar-refractivity contribution in [3.63, 3.8) is 0 Å². The molecule has 4 heteroatoms. The second-order valence-electron chi connectivity index (χ2n) is 8.94. The van der Waals surface area contributed by atoms with Crippen molar-refractivity contribution in [3.05, 3.63) is 59.5 Å². The summed E-state index contributed by atoms with van der Waals surface area (Å²) in [7, 11) is 0. The fourth-order valence-corrected chi connectivity index (χ4v) is 5.90. The second-order valence-corrected chi connectivity index (χ2v) is 8.94. The molecule has 1 aromatic carbocycles. The Balaban J connectivity index is 1.33. The van der Waals surface area contributed by atoms with E-state index in [1.807, 2.05) is 0 Å². The molecule has 0 unspecified atom stereocenters. The van der Waals surface area contributed by atoms with Crippen LogP contribution in [0, 0.1) is 0 Å². The first-order chi connectivity index (χ1) is 13.8. The number of hydrogen-bond donors (Lipinski definition) is 1. The summed E-state index contributed by atoms with van der Waals surface area (Å²) in [5.41, 5.74) is 3.60. The summed E-state index contributed by atoms with van der Waals surface area (Å²) in [6.45, 7) is 2.39. The van der Waals surface area contributed by atoms with Crippen LogP contribution in [0.2, 0.25) is 0 Å². The molecular weight excluding hydrogens is 348 g/mol. The van der Waals surface area contributed by atoms with Crippen molar-refractivity contribution in [2.75, 3.05) is 13.1 Å². The Bertz CT molecular complexity index is 815. The third kappa shape index (κ3) is 3.18. The van der Waals surface area contributed by atoms with Crippen LogP contribution in [-0.2, 0) is 5.41 Å². The lowest BCUT2D eigenvalue weighted by Crippen LogP contribution is -2.47. The summed E-state index contributed by atoms with van der Waals surface area (Å²) in [4.78, 5) is 15.4. The third-order valence-corrected chi connectivity index (χ3v) is 7.44. The van der Waals surface area contributed by atoms with Crippen LogP contribution in [0.4, 0.5) is 0 Å². The lowest BCUT2D eigenvalue weighted by molar-refractivity contribution is 0.0855. The number of piperidine rings is 1. The number of furan rings is 1. The van der Waals surface area contributed by atoms with Gasteiger partial charge in [0.15, 0.2) is 0 Å². The monoisotopic (exact) mass is 378 g/mol. The highest BCUT2D eigenvalue weighted by Gasteiger charge is 2.46. The molecule has 148 valence electrons. The van der Waals surface area contributed by atoms with Crippen molar-refractivity contribution in [3.8, 4) is 0 Å². The summed E-state index contributed by atoms with van der Waals surface area (Å²) >= 11 is 0. The van der Waals surface area contributed by atoms with E-state index >= 15 is 0 Å². The van der Waals surface area contributed by atoms with E-state index in [2.05, 4.69) is 34.5 Å². The summed E-state index contributed by atoms with van der Waals surface area (Å²) in [5.74, 6) is -0.0368. The van der Waals surface area contributed by atoms with Crippen molar-refractivity contribution in [2.45, 2.75) is 68.9 Å². The summed E-state index contributed by atoms with van der Waals surface area (Å²) in [6.07, 6.45) is 13.5. The summed E-state index contributed by atoms with van der Waals surface area (Å²) < 4.78 is 5.08. The molecule has 1 atom stereocenters. The number of nitrogens with one attached hydrogen (secondary N) is 1. The third-order valence-electron chi connectivity index (χ3n) is 7.44. The number of fused-ring (bicyclic) bond motifs is 2. The first kappa shape index (κ1) is 18.0. The van der Waals surface area contributed by atoms with Gasteiger partial charge in [-0.1, -0.05) is 43.5 Å². The highest BCUT2D eigenvalue weighted by Crippen LogP contribution is 2.51. The number of benzene rings is 1. The second kappa shape index (κ2) is 7.40. The molecule has 2 aliphatic carbocycles. The minimum atomic E-state index is -0.0368. The number of amides is 1. The van der Waals surface area contributed by atoms with Crippen molar-refractivity contribution in [1.82, 2.24) is 10.2 Å². The number of carbonyl (C=O) groups excluding carboxylic acids is 1. The smallest absolute Gasteiger partial charge is 0.255 e. The molecule has 3 aliphatic rings. The minimum Gasteiger partial charge on any atom is -0.472 e. The minimum absolute atomic E-state index is 0.0368. The maximum atomic E-state index is 12.6. The SMILES string of the molecule is O=C(N[C@H]1CC2(CCN(C3CCCCC3)CC2)c2ccccc21)c1ccoc1. The van der Waals surface area contributed by atoms with E-state index in [0.29, 0.717) is 5.56 Å². The van der Waals surface area contributed by atoms with Crippen LogP contribution < -0.4 is 5.32 Å². The van der Waals surface area contributed by atoms with Gasteiger partial charge in [0.2, 0.25) is 0 Å². The Labute approximate surface area is 167 Å². The van der Waals surface area contributed by atoms with Crippen LogP contribution >= 0.6 is 0 Å². The molecular formula is C24H30N2O2. The zero-order chi connectivity index (χ0) is 19.0. The van der Waals surface area contributed by atoms with Gasteiger partial charge in [-0.05, 0) is 62.4 Å². The van der Waals surface area contributed by atoms with Crippen molar-refractivity contribution in [2.24, 2.45) is 0 Å². The molecule has 2 aromatic rings. The van der Waals surface area contributed by atoms with Gasteiger partial charge >= 0.3 is 0 Å². The molecule has 1 aliphatic heterocycles. The van der Waals surface area contributed by atoms with E-state index in [-0.39, 0.29) is 17.4 Å². The molecule has 1 spiro atoms. The van der Waals surface area contributed by atoms with Gasteiger partial charge in [0.25, 0.3) is 5.91 Å². The van der Waals surface area contributed by atoms with Crippen molar-refractivity contribution >= 4 is 5.91 Å². The zero-order valence-electron chi connectivity index (χ0n) is 16.5. The van der Waals surface area contributed by atoms with Crippen molar-refractivity contribution < 1.29 is 9.21 Å². The molecule has 2 heterocycles. The fourth-order valence-electron chi connectivity index (χ4n) is 5.90. The Morgan fingerprint density at radius 2 is 1.86 bits per heavy atom. The van der Waals surface area contributed by atoms with Gasteiger partial charge in [-0.3, -0.25) is 4.79 Å². The zero-order valence-corrected chi connectivity index (χ0v) is 16.5. The van der Waals surface area contributed by atoms with Gasteiger partial charge in [-0.2, -0.15) is 0 Å². The molecule has 1 saturated carbocycles. The standard InChI is InChI=1S/C24H30N2O2/c27-23(18-10-15-28-17-18)25-22-16-24(21-9-5-4-8-20(21)22)11-13-26(14-12-24)19-6-2-1-3-7-19/h4-5,8-10,15,17,19,22H,1-3,6-7,11-14,16H2,(H,25,27)/t22-/m0/s1. The van der Waals surface area contributed by atoms with Crippen LogP contribution in [-0.4, -0.2) is 29.9 Å². The number of carbonyl (C=O) groups is 1. The molecule has 1 amide bonds. The average Bonchev–Trinajstić information content (AvgIpc) is 3.38. The van der Waals surface area contributed by atoms with E-state index in [0.717, 1.165) is 12.5 Å². The van der Waals surface area contributed by atoms with Gasteiger partial charge in [0.1, 0.15) is 6.26 Å². The Kier molecular flexibility index (Phi) is 4.75. The molecule has 4 nitrogen and oxygen atoms in total. The van der Waals surface area contributed by atoms with Crippen LogP contribution in [0.15, 0.2) is 47.3 Å². The molecule has 2 fully saturated rings. The van der Waals surface area contributed by atoms with Crippen LogP contribution in [0.3, 0.4) is 0 Å². The van der Waals surface area contributed by atoms with Crippen LogP contribution in [0.1, 0.15) is 78.9 Å². The molecule has 1 aromatic heterocycles. The van der Waals surface area contributed by atoms with Gasteiger partial charge in [0, 0.05) is 11.5 Å². The van der Waals surface area contributed by atoms with E-state index < -0.39 is 0 Å². The van der Waals surface area contributed by atoms with Crippen molar-refractivity contribution in [1.29, 1.82) is 0 Å². The number of hydrogen-bond acceptors (Lipinski definition) is 3. The normalized spacial score (nSPS) is 24.9. The average molecular weight is 379 g/mol. The lowest BCUT2D eigenvalue weighted by atomic mass is 9.73. The van der Waals surface area contributed by atoms with Gasteiger partial charge in [-0.25, -0.2) is 0 Å². The first-order valence-corrected chi connectivity index (χ1v) is 10.9. The highest BCUT2D eigenvalue weighted by atomic mass is 16.3. The van der Waals surface area contributed by atoms with Gasteiger partial charge < -0.3 is 14.6 Å². The van der Waals surface area contributed by atoms with E-state index in [9.17, 15) is 4.79 Å². The predicted octanol–water partition coefficient (Wildman–Crippen LogP) is 4.82. The Hall–Kier alpha value is -2.07. The highest BCUT2D eigenvalue weighted by molar-refractivity contribution is 5.94. The predicted molar refractivity (Wildman–Crippen MR) is 109 cm³/mol. The fraction of sp³-hybridized carbons (Fsp3) is 0.542. The topological polar surface area (TPSA) is 45.5 Å². The van der Waals surface area contributed by atoms with E-state index in [1.54, 1.807) is 12.3 Å². The summed E-state index contributed by atoms with van der Waals surface area (Å²) in [5, 5.41) is 3.27. The first-order valence-electron chi connectivity index (χ1n) is 10.9. The molecule has 1 N–H and O–H groups in total. The molecule has 5 rings (SSSR count). The Morgan fingerprint density at radius 1 is 1.07 bits per heavy atom. The molecule has 28 heavy (non-hydrogen) atoms. The Morgan fingerprint density at radius 3 is 2.61 bits per heavy atom. The maximum Gasteiger partial charge on any atom is 0.255 e. The quantitative estimate of drug-likeness (QED) is 0.833. The van der Waals surface area contributed by atoms with Gasteiger partial charge in [0.05, 0.1) is 17.9 Å². The number of likely N-dealkylation sites (tertiary alicyclic amines) is 1.